The first kappa shape index (κ1) is 31.6. The van der Waals surface area contributed by atoms with Crippen molar-refractivity contribution in [3.63, 3.8) is 0 Å². The normalized spacial score (nSPS) is 12.8. The number of rotatable bonds is 8. The topological polar surface area (TPSA) is 270 Å². The third-order valence-corrected chi connectivity index (χ3v) is 8.60. The quantitative estimate of drug-likeness (QED) is 0.115. The lowest BCUT2D eigenvalue weighted by Crippen LogP contribution is -2.01. The molecule has 0 aliphatic heterocycles. The molecule has 224 valence electrons. The standard InChI is InChI=1S/C23H15ClN4O12S3/c24-17-10-15-11(7-19(17)42(35,36)37)8-20(43(38,39)40)21(22(15)29)28-27-18-6-3-13(9-16(18)23(30)31)26-25-12-1-4-14(5-2-12)41(32,33)34/h1-10,29H,(H,30,31)(H,32,33,34)(H,35,36,37)(H,38,39,40)/b26-25+,28-27+. The molecule has 0 aliphatic rings. The van der Waals surface area contributed by atoms with Crippen molar-refractivity contribution in [2.45, 2.75) is 14.7 Å². The van der Waals surface area contributed by atoms with Crippen LogP contribution in [0.1, 0.15) is 10.4 Å². The van der Waals surface area contributed by atoms with Crippen LogP contribution in [0.4, 0.5) is 22.7 Å². The van der Waals surface area contributed by atoms with Gasteiger partial charge >= 0.3 is 5.97 Å². The molecule has 0 heterocycles. The molecule has 20 heteroatoms. The molecule has 0 unspecified atom stereocenters. The van der Waals surface area contributed by atoms with Crippen LogP contribution in [0.25, 0.3) is 10.8 Å². The number of azo groups is 2. The summed E-state index contributed by atoms with van der Waals surface area (Å²) in [5.74, 6) is -2.45. The van der Waals surface area contributed by atoms with Crippen molar-refractivity contribution >= 4 is 81.4 Å². The van der Waals surface area contributed by atoms with E-state index in [1.807, 2.05) is 0 Å². The molecular formula is C23H15ClN4O12S3. The number of carboxylic acids is 1. The fraction of sp³-hybridized carbons (Fsp3) is 0. The van der Waals surface area contributed by atoms with E-state index >= 15 is 0 Å². The van der Waals surface area contributed by atoms with Crippen LogP contribution in [0.2, 0.25) is 5.02 Å². The van der Waals surface area contributed by atoms with Gasteiger partial charge in [0.1, 0.15) is 21.2 Å². The summed E-state index contributed by atoms with van der Waals surface area (Å²) >= 11 is 5.89. The summed E-state index contributed by atoms with van der Waals surface area (Å²) < 4.78 is 97.7. The molecule has 0 saturated heterocycles. The zero-order valence-electron chi connectivity index (χ0n) is 20.8. The van der Waals surface area contributed by atoms with E-state index in [-0.39, 0.29) is 32.7 Å². The number of fused-ring (bicyclic) bond motifs is 1. The predicted octanol–water partition coefficient (Wildman–Crippen LogP) is 5.47. The number of carbonyl (C=O) groups is 1. The zero-order valence-corrected chi connectivity index (χ0v) is 24.0. The van der Waals surface area contributed by atoms with Crippen LogP contribution in [0.3, 0.4) is 0 Å². The van der Waals surface area contributed by atoms with Crippen molar-refractivity contribution in [2.75, 3.05) is 0 Å². The molecule has 0 fully saturated rings. The number of aromatic hydroxyl groups is 1. The van der Waals surface area contributed by atoms with Crippen LogP contribution in [-0.2, 0) is 30.4 Å². The summed E-state index contributed by atoms with van der Waals surface area (Å²) in [5, 5.41) is 34.4. The number of benzene rings is 4. The zero-order chi connectivity index (χ0) is 31.9. The van der Waals surface area contributed by atoms with Gasteiger partial charge in [-0.05, 0) is 66.0 Å². The number of phenols is 1. The van der Waals surface area contributed by atoms with E-state index in [0.717, 1.165) is 42.5 Å². The number of halogens is 1. The molecule has 0 radical (unpaired) electrons. The minimum atomic E-state index is -5.14. The summed E-state index contributed by atoms with van der Waals surface area (Å²) in [6, 6.07) is 10.4. The van der Waals surface area contributed by atoms with Crippen LogP contribution in [0.5, 0.6) is 5.75 Å². The minimum Gasteiger partial charge on any atom is -0.505 e. The van der Waals surface area contributed by atoms with E-state index in [4.69, 9.17) is 16.2 Å². The highest BCUT2D eigenvalue weighted by Gasteiger charge is 2.25. The number of hydrogen-bond donors (Lipinski definition) is 5. The maximum Gasteiger partial charge on any atom is 0.338 e. The largest absolute Gasteiger partial charge is 0.505 e. The molecule has 0 bridgehead atoms. The van der Waals surface area contributed by atoms with Crippen molar-refractivity contribution in [1.29, 1.82) is 0 Å². The Morgan fingerprint density at radius 1 is 0.674 bits per heavy atom. The van der Waals surface area contributed by atoms with Gasteiger partial charge in [-0.2, -0.15) is 35.5 Å². The Bertz CT molecular complexity index is 2200. The third-order valence-electron chi connectivity index (χ3n) is 5.54. The second kappa shape index (κ2) is 11.4. The Morgan fingerprint density at radius 2 is 1.23 bits per heavy atom. The highest BCUT2D eigenvalue weighted by atomic mass is 35.5. The average molecular weight is 671 g/mol. The van der Waals surface area contributed by atoms with E-state index in [9.17, 15) is 49.4 Å². The van der Waals surface area contributed by atoms with Gasteiger partial charge in [0.05, 0.1) is 26.9 Å². The van der Waals surface area contributed by atoms with Crippen molar-refractivity contribution in [3.05, 3.63) is 71.2 Å². The number of aromatic carboxylic acids is 1. The molecule has 43 heavy (non-hydrogen) atoms. The molecule has 4 rings (SSSR count). The second-order valence-electron chi connectivity index (χ2n) is 8.40. The molecule has 5 N–H and O–H groups in total. The Balaban J connectivity index is 1.77. The lowest BCUT2D eigenvalue weighted by atomic mass is 10.1. The van der Waals surface area contributed by atoms with Gasteiger partial charge in [0, 0.05) is 5.39 Å². The van der Waals surface area contributed by atoms with E-state index < -0.39 is 68.1 Å². The SMILES string of the molecule is O=C(O)c1cc(/N=N/c2ccc(S(=O)(=O)O)cc2)ccc1/N=N/c1c(S(=O)(=O)O)cc2cc(S(=O)(=O)O)c(Cl)cc2c1O. The van der Waals surface area contributed by atoms with Crippen LogP contribution in [0.15, 0.2) is 95.8 Å². The molecular weight excluding hydrogens is 656 g/mol. The molecule has 0 aromatic heterocycles. The van der Waals surface area contributed by atoms with E-state index in [1.165, 1.54) is 18.2 Å². The smallest absolute Gasteiger partial charge is 0.338 e. The Kier molecular flexibility index (Phi) is 8.35. The summed E-state index contributed by atoms with van der Waals surface area (Å²) in [6.07, 6.45) is 0. The minimum absolute atomic E-state index is 0.00772. The molecule has 0 aliphatic carbocycles. The first-order valence-corrected chi connectivity index (χ1v) is 15.8. The molecule has 0 spiro atoms. The summed E-state index contributed by atoms with van der Waals surface area (Å²) in [6.45, 7) is 0. The Hall–Kier alpha value is -4.37. The maximum atomic E-state index is 12.1. The van der Waals surface area contributed by atoms with Crippen molar-refractivity contribution in [2.24, 2.45) is 20.5 Å². The van der Waals surface area contributed by atoms with Crippen molar-refractivity contribution in [1.82, 2.24) is 0 Å². The molecule has 16 nitrogen and oxygen atoms in total. The fourth-order valence-corrected chi connectivity index (χ4v) is 5.76. The van der Waals surface area contributed by atoms with Gasteiger partial charge in [0.15, 0.2) is 5.75 Å². The van der Waals surface area contributed by atoms with Crippen LogP contribution in [0, 0.1) is 0 Å². The maximum absolute atomic E-state index is 12.1. The van der Waals surface area contributed by atoms with Crippen molar-refractivity contribution in [3.8, 4) is 5.75 Å². The third kappa shape index (κ3) is 7.00. The fourth-order valence-electron chi connectivity index (χ4n) is 3.59. The van der Waals surface area contributed by atoms with Gasteiger partial charge in [0.25, 0.3) is 30.4 Å². The van der Waals surface area contributed by atoms with Gasteiger partial charge in [-0.3, -0.25) is 13.7 Å². The van der Waals surface area contributed by atoms with E-state index in [2.05, 4.69) is 20.5 Å². The van der Waals surface area contributed by atoms with Crippen LogP contribution < -0.4 is 0 Å². The van der Waals surface area contributed by atoms with E-state index in [0.29, 0.717) is 0 Å². The lowest BCUT2D eigenvalue weighted by molar-refractivity contribution is 0.0697. The molecule has 4 aromatic carbocycles. The molecule has 4 aromatic rings. The number of carboxylic acid groups (broad SMARTS) is 1. The Labute approximate surface area is 246 Å². The highest BCUT2D eigenvalue weighted by Crippen LogP contribution is 2.43. The van der Waals surface area contributed by atoms with Crippen LogP contribution >= 0.6 is 11.6 Å². The molecule has 0 amide bonds. The second-order valence-corrected chi connectivity index (χ2v) is 13.0. The highest BCUT2D eigenvalue weighted by molar-refractivity contribution is 7.86. The van der Waals surface area contributed by atoms with Crippen LogP contribution in [-0.4, -0.2) is 55.1 Å². The molecule has 0 saturated carbocycles. The first-order valence-electron chi connectivity index (χ1n) is 11.1. The first-order chi connectivity index (χ1) is 19.9. The van der Waals surface area contributed by atoms with E-state index in [1.54, 1.807) is 0 Å². The summed E-state index contributed by atoms with van der Waals surface area (Å²) in [5.41, 5.74) is -1.56. The van der Waals surface area contributed by atoms with Gasteiger partial charge in [-0.25, -0.2) is 4.79 Å². The van der Waals surface area contributed by atoms with Gasteiger partial charge in [-0.1, -0.05) is 11.6 Å². The van der Waals surface area contributed by atoms with Gasteiger partial charge in [0.2, 0.25) is 0 Å². The molecule has 0 atom stereocenters. The van der Waals surface area contributed by atoms with Crippen molar-refractivity contribution < 1.29 is 53.9 Å². The summed E-state index contributed by atoms with van der Waals surface area (Å²) in [7, 11) is -14.4. The Morgan fingerprint density at radius 3 is 1.79 bits per heavy atom. The number of phenolic OH excluding ortho intramolecular Hbond substituents is 1. The van der Waals surface area contributed by atoms with Gasteiger partial charge < -0.3 is 10.2 Å². The lowest BCUT2D eigenvalue weighted by Gasteiger charge is -2.11. The predicted molar refractivity (Wildman–Crippen MR) is 148 cm³/mol. The van der Waals surface area contributed by atoms with Gasteiger partial charge in [-0.15, -0.1) is 10.2 Å². The average Bonchev–Trinajstić information content (AvgIpc) is 2.90. The number of nitrogens with zero attached hydrogens (tertiary/aromatic N) is 4. The number of hydrogen-bond acceptors (Lipinski definition) is 12. The summed E-state index contributed by atoms with van der Waals surface area (Å²) in [4.78, 5) is 9.66. The monoisotopic (exact) mass is 670 g/mol.